The van der Waals surface area contributed by atoms with Crippen LogP contribution in [0, 0.1) is 0 Å². The molecular formula is C48H29BN2O2. The molecular weight excluding hydrogens is 647 g/mol. The molecule has 0 fully saturated rings. The topological polar surface area (TPSA) is 28.3 Å². The van der Waals surface area contributed by atoms with Crippen LogP contribution in [0.15, 0.2) is 176 Å². The van der Waals surface area contributed by atoms with E-state index in [1.54, 1.807) is 0 Å². The van der Waals surface area contributed by atoms with Crippen LogP contribution < -0.4 is 20.3 Å². The van der Waals surface area contributed by atoms with Gasteiger partial charge in [0.2, 0.25) is 0 Å². The van der Waals surface area contributed by atoms with Gasteiger partial charge in [-0.15, -0.1) is 0 Å². The Hall–Kier alpha value is -6.98. The maximum absolute atomic E-state index is 7.06. The number of para-hydroxylation sites is 6. The van der Waals surface area contributed by atoms with E-state index >= 15 is 0 Å². The number of rotatable bonds is 3. The second kappa shape index (κ2) is 10.8. The summed E-state index contributed by atoms with van der Waals surface area (Å²) in [6.45, 7) is -0.299. The van der Waals surface area contributed by atoms with Crippen molar-refractivity contribution in [2.45, 2.75) is 0 Å². The smallest absolute Gasteiger partial charge is 0.434 e. The van der Waals surface area contributed by atoms with Crippen molar-refractivity contribution in [2.24, 2.45) is 0 Å². The molecule has 4 heterocycles. The lowest BCUT2D eigenvalue weighted by Gasteiger charge is -2.33. The average molecular weight is 677 g/mol. The minimum atomic E-state index is -0.299. The Morgan fingerprint density at radius 3 is 1.64 bits per heavy atom. The van der Waals surface area contributed by atoms with Gasteiger partial charge in [0, 0.05) is 55.4 Å². The Labute approximate surface area is 305 Å². The molecule has 4 nitrogen and oxygen atoms in total. The lowest BCUT2D eigenvalue weighted by Crippen LogP contribution is -2.53. The van der Waals surface area contributed by atoms with Gasteiger partial charge in [-0.2, -0.15) is 0 Å². The van der Waals surface area contributed by atoms with Crippen LogP contribution in [0.25, 0.3) is 77.2 Å². The molecule has 2 aliphatic rings. The van der Waals surface area contributed by atoms with Gasteiger partial charge in [-0.3, -0.25) is 0 Å². The molecule has 0 bridgehead atoms. The first kappa shape index (κ1) is 28.7. The fourth-order valence-corrected chi connectivity index (χ4v) is 8.94. The minimum absolute atomic E-state index is 0.299. The fourth-order valence-electron chi connectivity index (χ4n) is 8.94. The third-order valence-electron chi connectivity index (χ3n) is 11.2. The van der Waals surface area contributed by atoms with Crippen LogP contribution in [0.3, 0.4) is 0 Å². The van der Waals surface area contributed by atoms with Gasteiger partial charge in [0.15, 0.2) is 0 Å². The molecule has 0 spiro atoms. The molecule has 5 heteroatoms. The van der Waals surface area contributed by atoms with Crippen molar-refractivity contribution in [2.75, 3.05) is 0 Å². The zero-order valence-electron chi connectivity index (χ0n) is 28.5. The molecule has 2 aromatic heterocycles. The van der Waals surface area contributed by atoms with Crippen molar-refractivity contribution < 1.29 is 9.39 Å². The first-order valence-electron chi connectivity index (χ1n) is 18.1. The van der Waals surface area contributed by atoms with Crippen LogP contribution >= 0.6 is 0 Å². The maximum Gasteiger partial charge on any atom is 0.434 e. The lowest BCUT2D eigenvalue weighted by atomic mass is 9.50. The SMILES string of the molecule is c1ccc2c(c1)Oc1cc(-c3ccccc3-n3c4ccccc4c4ccccc43)cc3c1B2Oc1cc(-n2c4ccccc4c4ccccc42)ccc1-3. The van der Waals surface area contributed by atoms with Gasteiger partial charge >= 0.3 is 6.92 Å². The molecule has 10 aromatic rings. The van der Waals surface area contributed by atoms with Gasteiger partial charge in [0.05, 0.1) is 27.8 Å². The largest absolute Gasteiger partial charge is 0.551 e. The van der Waals surface area contributed by atoms with Crippen LogP contribution in [0.4, 0.5) is 0 Å². The first-order chi connectivity index (χ1) is 26.3. The normalized spacial score (nSPS) is 12.8. The van der Waals surface area contributed by atoms with Gasteiger partial charge in [-0.25, -0.2) is 0 Å². The number of benzene rings is 8. The van der Waals surface area contributed by atoms with Crippen molar-refractivity contribution >= 4 is 61.5 Å². The van der Waals surface area contributed by atoms with Crippen LogP contribution in [-0.4, -0.2) is 16.0 Å². The molecule has 8 aromatic carbocycles. The monoisotopic (exact) mass is 676 g/mol. The summed E-state index contributed by atoms with van der Waals surface area (Å²) in [5.41, 5.74) is 13.4. The Bertz CT molecular complexity index is 3050. The number of hydrogen-bond acceptors (Lipinski definition) is 2. The van der Waals surface area contributed by atoms with Gasteiger partial charge in [0.25, 0.3) is 0 Å². The highest BCUT2D eigenvalue weighted by Crippen LogP contribution is 2.45. The van der Waals surface area contributed by atoms with Gasteiger partial charge in [0.1, 0.15) is 17.2 Å². The summed E-state index contributed by atoms with van der Waals surface area (Å²) in [5, 5.41) is 4.96. The van der Waals surface area contributed by atoms with E-state index in [4.69, 9.17) is 9.39 Å². The highest BCUT2D eigenvalue weighted by molar-refractivity contribution is 6.84. The number of aromatic nitrogens is 2. The van der Waals surface area contributed by atoms with Gasteiger partial charge < -0.3 is 18.5 Å². The standard InChI is InChI=1S/C48H29BN2O2/c1-7-19-40(51-43-22-10-4-16-35(43)36-17-5-11-23-44(36)51)32(13-1)30-27-38-37-26-25-31(50-41-20-8-2-14-33(41)34-15-3-9-21-42(34)50)29-46(37)53-49-39-18-6-12-24-45(39)52-47(28-30)48(38)49/h1-29H. The number of fused-ring (bicyclic) bond motifs is 10. The molecule has 0 atom stereocenters. The molecule has 0 saturated heterocycles. The number of hydrogen-bond donors (Lipinski definition) is 0. The Morgan fingerprint density at radius 2 is 0.962 bits per heavy atom. The van der Waals surface area contributed by atoms with E-state index < -0.39 is 0 Å². The van der Waals surface area contributed by atoms with E-state index in [1.165, 1.54) is 43.6 Å². The summed E-state index contributed by atoms with van der Waals surface area (Å²) in [6.07, 6.45) is 0. The summed E-state index contributed by atoms with van der Waals surface area (Å²) in [4.78, 5) is 0. The third kappa shape index (κ3) is 4.02. The van der Waals surface area contributed by atoms with E-state index in [-0.39, 0.29) is 6.92 Å². The fraction of sp³-hybridized carbons (Fsp3) is 0. The van der Waals surface area contributed by atoms with E-state index in [9.17, 15) is 0 Å². The van der Waals surface area contributed by atoms with Crippen molar-refractivity contribution in [3.63, 3.8) is 0 Å². The van der Waals surface area contributed by atoms with Gasteiger partial charge in [-0.1, -0.05) is 109 Å². The quantitative estimate of drug-likeness (QED) is 0.174. The average Bonchev–Trinajstić information content (AvgIpc) is 3.74. The Kier molecular flexibility index (Phi) is 5.83. The maximum atomic E-state index is 7.06. The van der Waals surface area contributed by atoms with E-state index in [0.717, 1.165) is 61.8 Å². The molecule has 0 unspecified atom stereocenters. The zero-order valence-corrected chi connectivity index (χ0v) is 28.5. The second-order valence-corrected chi connectivity index (χ2v) is 14.0. The van der Waals surface area contributed by atoms with Crippen molar-refractivity contribution in [3.8, 4) is 50.9 Å². The predicted octanol–water partition coefficient (Wildman–Crippen LogP) is 10.8. The van der Waals surface area contributed by atoms with Crippen LogP contribution in [0.1, 0.15) is 0 Å². The van der Waals surface area contributed by atoms with E-state index in [2.05, 4.69) is 173 Å². The van der Waals surface area contributed by atoms with Crippen LogP contribution in [-0.2, 0) is 0 Å². The molecule has 0 radical (unpaired) electrons. The summed E-state index contributed by atoms with van der Waals surface area (Å²) in [6, 6.07) is 62.8. The van der Waals surface area contributed by atoms with E-state index in [0.29, 0.717) is 0 Å². The summed E-state index contributed by atoms with van der Waals surface area (Å²) >= 11 is 0. The highest BCUT2D eigenvalue weighted by Gasteiger charge is 2.41. The molecule has 0 saturated carbocycles. The first-order valence-corrected chi connectivity index (χ1v) is 18.1. The molecule has 2 aliphatic heterocycles. The minimum Gasteiger partial charge on any atom is -0.551 e. The lowest BCUT2D eigenvalue weighted by molar-refractivity contribution is 0.479. The van der Waals surface area contributed by atoms with Gasteiger partial charge in [-0.05, 0) is 71.8 Å². The third-order valence-corrected chi connectivity index (χ3v) is 11.2. The van der Waals surface area contributed by atoms with Crippen LogP contribution in [0.5, 0.6) is 17.2 Å². The molecule has 12 rings (SSSR count). The molecule has 53 heavy (non-hydrogen) atoms. The number of ether oxygens (including phenoxy) is 1. The van der Waals surface area contributed by atoms with Crippen molar-refractivity contribution in [3.05, 3.63) is 176 Å². The van der Waals surface area contributed by atoms with Crippen LogP contribution in [0.2, 0.25) is 0 Å². The number of nitrogens with zero attached hydrogens (tertiary/aromatic N) is 2. The molecule has 0 N–H and O–H groups in total. The summed E-state index contributed by atoms with van der Waals surface area (Å²) in [7, 11) is 0. The van der Waals surface area contributed by atoms with Crippen molar-refractivity contribution in [1.29, 1.82) is 0 Å². The second-order valence-electron chi connectivity index (χ2n) is 14.0. The molecule has 0 amide bonds. The van der Waals surface area contributed by atoms with Crippen molar-refractivity contribution in [1.82, 2.24) is 9.13 Å². The predicted molar refractivity (Wildman–Crippen MR) is 218 cm³/mol. The Morgan fingerprint density at radius 1 is 0.396 bits per heavy atom. The Balaban J connectivity index is 1.10. The molecule has 0 aliphatic carbocycles. The zero-order chi connectivity index (χ0) is 34.6. The summed E-state index contributed by atoms with van der Waals surface area (Å²) < 4.78 is 18.6. The van der Waals surface area contributed by atoms with E-state index in [1.807, 2.05) is 12.1 Å². The summed E-state index contributed by atoms with van der Waals surface area (Å²) in [5.74, 6) is 2.51. The molecule has 246 valence electrons. The highest BCUT2D eigenvalue weighted by atomic mass is 16.5.